The Labute approximate surface area is 131 Å². The Bertz CT molecular complexity index is 249. The molecule has 0 unspecified atom stereocenters. The molecule has 21 heavy (non-hydrogen) atoms. The van der Waals surface area contributed by atoms with E-state index in [9.17, 15) is 0 Å². The van der Waals surface area contributed by atoms with E-state index in [1.165, 1.54) is 19.5 Å². The summed E-state index contributed by atoms with van der Waals surface area (Å²) in [6.07, 6.45) is 1.26. The Hall–Kier alpha value is -0.240. The quantitative estimate of drug-likeness (QED) is 0.584. The summed E-state index contributed by atoms with van der Waals surface area (Å²) in [5, 5.41) is 7.56. The highest BCUT2D eigenvalue weighted by molar-refractivity contribution is 4.69. The molecule has 1 fully saturated rings. The second-order valence-corrected chi connectivity index (χ2v) is 6.77. The van der Waals surface area contributed by atoms with Gasteiger partial charge in [-0.25, -0.2) is 10.0 Å². The van der Waals surface area contributed by atoms with Crippen LogP contribution in [0.4, 0.5) is 0 Å². The lowest BCUT2D eigenvalue weighted by Gasteiger charge is -2.47. The minimum atomic E-state index is 1.08. The SMILES string of the molecule is CN(C)CCN1CCCN(CCN(C)C)N1CCN(C)C. The molecule has 0 aliphatic carbocycles. The second kappa shape index (κ2) is 9.71. The summed E-state index contributed by atoms with van der Waals surface area (Å²) in [5.74, 6) is 0. The average molecular weight is 300 g/mol. The smallest absolute Gasteiger partial charge is 0.0420 e. The Morgan fingerprint density at radius 1 is 0.619 bits per heavy atom. The molecule has 0 saturated carbocycles. The van der Waals surface area contributed by atoms with Crippen LogP contribution >= 0.6 is 0 Å². The Morgan fingerprint density at radius 2 is 1.00 bits per heavy atom. The molecule has 0 aromatic rings. The van der Waals surface area contributed by atoms with Crippen molar-refractivity contribution in [2.45, 2.75) is 6.42 Å². The molecule has 0 amide bonds. The molecule has 1 aliphatic heterocycles. The van der Waals surface area contributed by atoms with Gasteiger partial charge in [-0.05, 0) is 48.7 Å². The third-order valence-electron chi connectivity index (χ3n) is 3.84. The maximum atomic E-state index is 2.53. The molecule has 1 heterocycles. The van der Waals surface area contributed by atoms with Gasteiger partial charge in [-0.15, -0.1) is 0 Å². The van der Waals surface area contributed by atoms with Crippen molar-refractivity contribution >= 4 is 0 Å². The minimum absolute atomic E-state index is 1.08. The van der Waals surface area contributed by atoms with Gasteiger partial charge in [0.1, 0.15) is 0 Å². The highest BCUT2D eigenvalue weighted by Crippen LogP contribution is 2.12. The van der Waals surface area contributed by atoms with E-state index in [2.05, 4.69) is 72.1 Å². The van der Waals surface area contributed by atoms with E-state index in [1.54, 1.807) is 0 Å². The molecule has 0 N–H and O–H groups in total. The molecule has 0 atom stereocenters. The van der Waals surface area contributed by atoms with E-state index < -0.39 is 0 Å². The van der Waals surface area contributed by atoms with Crippen molar-refractivity contribution in [3.8, 4) is 0 Å². The summed E-state index contributed by atoms with van der Waals surface area (Å²) in [7, 11) is 12.9. The van der Waals surface area contributed by atoms with Crippen LogP contribution in [0.5, 0.6) is 0 Å². The lowest BCUT2D eigenvalue weighted by molar-refractivity contribution is -0.212. The summed E-state index contributed by atoms with van der Waals surface area (Å²) < 4.78 is 0. The first-order valence-corrected chi connectivity index (χ1v) is 8.11. The van der Waals surface area contributed by atoms with Crippen molar-refractivity contribution in [3.05, 3.63) is 0 Å². The predicted molar refractivity (Wildman–Crippen MR) is 90.1 cm³/mol. The van der Waals surface area contributed by atoms with Gasteiger partial charge >= 0.3 is 0 Å². The van der Waals surface area contributed by atoms with Crippen LogP contribution in [0.15, 0.2) is 0 Å². The summed E-state index contributed by atoms with van der Waals surface area (Å²) in [4.78, 5) is 6.80. The van der Waals surface area contributed by atoms with Gasteiger partial charge in [0.2, 0.25) is 0 Å². The standard InChI is InChI=1S/C15H36N6/c1-16(2)10-13-19-8-7-9-20(14-11-17(3)4)21(19)15-12-18(5)6/h7-15H2,1-6H3. The summed E-state index contributed by atoms with van der Waals surface area (Å²) >= 11 is 0. The summed E-state index contributed by atoms with van der Waals surface area (Å²) in [5.41, 5.74) is 0. The van der Waals surface area contributed by atoms with Gasteiger partial charge in [0.15, 0.2) is 0 Å². The molecule has 1 rings (SSSR count). The number of hydrogen-bond acceptors (Lipinski definition) is 6. The van der Waals surface area contributed by atoms with Crippen LogP contribution in [0.25, 0.3) is 0 Å². The monoisotopic (exact) mass is 300 g/mol. The van der Waals surface area contributed by atoms with Crippen LogP contribution in [0.3, 0.4) is 0 Å². The van der Waals surface area contributed by atoms with Crippen LogP contribution in [-0.4, -0.2) is 124 Å². The molecule has 0 bridgehead atoms. The fraction of sp³-hybridized carbons (Fsp3) is 1.00. The van der Waals surface area contributed by atoms with E-state index in [1.807, 2.05) is 0 Å². The number of rotatable bonds is 9. The highest BCUT2D eigenvalue weighted by Gasteiger charge is 2.26. The van der Waals surface area contributed by atoms with Gasteiger partial charge in [0, 0.05) is 52.4 Å². The lowest BCUT2D eigenvalue weighted by atomic mass is 10.3. The van der Waals surface area contributed by atoms with Crippen molar-refractivity contribution in [2.24, 2.45) is 0 Å². The average Bonchev–Trinajstić information content (AvgIpc) is 2.40. The predicted octanol–water partition coefficient (Wildman–Crippen LogP) is -0.189. The number of nitrogens with zero attached hydrogens (tertiary/aromatic N) is 6. The normalized spacial score (nSPS) is 19.3. The first kappa shape index (κ1) is 18.8. The Kier molecular flexibility index (Phi) is 8.70. The third-order valence-corrected chi connectivity index (χ3v) is 3.84. The molecule has 0 aromatic carbocycles. The molecule has 126 valence electrons. The molecule has 6 nitrogen and oxygen atoms in total. The van der Waals surface area contributed by atoms with Crippen LogP contribution < -0.4 is 0 Å². The molecular weight excluding hydrogens is 264 g/mol. The maximum Gasteiger partial charge on any atom is 0.0420 e. The van der Waals surface area contributed by atoms with Gasteiger partial charge in [-0.1, -0.05) is 0 Å². The number of hydrazine groups is 2. The van der Waals surface area contributed by atoms with E-state index in [-0.39, 0.29) is 0 Å². The zero-order valence-corrected chi connectivity index (χ0v) is 15.0. The zero-order chi connectivity index (χ0) is 15.8. The lowest BCUT2D eigenvalue weighted by Crippen LogP contribution is -2.61. The van der Waals surface area contributed by atoms with Crippen molar-refractivity contribution in [1.29, 1.82) is 0 Å². The number of likely N-dealkylation sites (N-methyl/N-ethyl adjacent to an activating group) is 3. The van der Waals surface area contributed by atoms with Crippen molar-refractivity contribution < 1.29 is 0 Å². The van der Waals surface area contributed by atoms with Crippen LogP contribution in [0.2, 0.25) is 0 Å². The molecule has 0 radical (unpaired) electrons. The van der Waals surface area contributed by atoms with E-state index in [0.717, 1.165) is 39.3 Å². The van der Waals surface area contributed by atoms with Crippen molar-refractivity contribution in [3.63, 3.8) is 0 Å². The fourth-order valence-electron chi connectivity index (χ4n) is 2.50. The van der Waals surface area contributed by atoms with Gasteiger partial charge in [0.25, 0.3) is 0 Å². The van der Waals surface area contributed by atoms with Crippen LogP contribution in [-0.2, 0) is 0 Å². The van der Waals surface area contributed by atoms with Gasteiger partial charge in [-0.2, -0.15) is 5.12 Å². The molecule has 1 aliphatic rings. The fourth-order valence-corrected chi connectivity index (χ4v) is 2.50. The Balaban J connectivity index is 2.60. The minimum Gasteiger partial charge on any atom is -0.308 e. The van der Waals surface area contributed by atoms with Crippen molar-refractivity contribution in [2.75, 3.05) is 94.6 Å². The number of hydrogen-bond donors (Lipinski definition) is 0. The van der Waals surface area contributed by atoms with E-state index >= 15 is 0 Å². The van der Waals surface area contributed by atoms with Gasteiger partial charge < -0.3 is 14.7 Å². The first-order valence-electron chi connectivity index (χ1n) is 8.11. The topological polar surface area (TPSA) is 19.4 Å². The largest absolute Gasteiger partial charge is 0.308 e. The molecule has 0 spiro atoms. The second-order valence-electron chi connectivity index (χ2n) is 6.77. The third kappa shape index (κ3) is 7.54. The van der Waals surface area contributed by atoms with Crippen LogP contribution in [0.1, 0.15) is 6.42 Å². The molecule has 1 saturated heterocycles. The molecular formula is C15H36N6. The van der Waals surface area contributed by atoms with E-state index in [4.69, 9.17) is 0 Å². The van der Waals surface area contributed by atoms with Crippen molar-refractivity contribution in [1.82, 2.24) is 29.8 Å². The van der Waals surface area contributed by atoms with Gasteiger partial charge in [0.05, 0.1) is 0 Å². The maximum absolute atomic E-state index is 2.53. The molecule has 0 aromatic heterocycles. The zero-order valence-electron chi connectivity index (χ0n) is 15.0. The summed E-state index contributed by atoms with van der Waals surface area (Å²) in [6.45, 7) is 8.97. The van der Waals surface area contributed by atoms with Crippen LogP contribution in [0, 0.1) is 0 Å². The Morgan fingerprint density at radius 3 is 1.38 bits per heavy atom. The van der Waals surface area contributed by atoms with Gasteiger partial charge in [-0.3, -0.25) is 0 Å². The summed E-state index contributed by atoms with van der Waals surface area (Å²) in [6, 6.07) is 0. The van der Waals surface area contributed by atoms with E-state index in [0.29, 0.717) is 0 Å². The molecule has 6 heteroatoms. The highest BCUT2D eigenvalue weighted by atomic mass is 15.9. The first-order chi connectivity index (χ1) is 9.90.